The van der Waals surface area contributed by atoms with Gasteiger partial charge < -0.3 is 10.0 Å². The third kappa shape index (κ3) is 3.80. The topological polar surface area (TPSA) is 41.3 Å². The standard InChI is InChI=1S/C15H27N3O/c1-4-13(2)18-10-6-14(16-18)12-15(19)7-5-9-17(3)11-8-15/h6,10,13,19H,4-5,7-9,11-12H2,1-3H3. The van der Waals surface area contributed by atoms with Crippen molar-refractivity contribution in [3.63, 3.8) is 0 Å². The van der Waals surface area contributed by atoms with Gasteiger partial charge >= 0.3 is 0 Å². The summed E-state index contributed by atoms with van der Waals surface area (Å²) in [6.07, 6.45) is 6.60. The first-order valence-electron chi connectivity index (χ1n) is 7.47. The Bertz CT molecular complexity index is 404. The number of nitrogens with zero attached hydrogens (tertiary/aromatic N) is 3. The molecule has 19 heavy (non-hydrogen) atoms. The zero-order valence-electron chi connectivity index (χ0n) is 12.5. The second-order valence-electron chi connectivity index (χ2n) is 6.10. The first kappa shape index (κ1) is 14.5. The molecular weight excluding hydrogens is 238 g/mol. The van der Waals surface area contributed by atoms with E-state index in [2.05, 4.69) is 37.0 Å². The summed E-state index contributed by atoms with van der Waals surface area (Å²) in [7, 11) is 2.13. The molecule has 4 nitrogen and oxygen atoms in total. The maximum absolute atomic E-state index is 10.8. The Hall–Kier alpha value is -0.870. The first-order chi connectivity index (χ1) is 9.02. The summed E-state index contributed by atoms with van der Waals surface area (Å²) < 4.78 is 2.02. The number of hydrogen-bond acceptors (Lipinski definition) is 3. The Kier molecular flexibility index (Phi) is 4.63. The fraction of sp³-hybridized carbons (Fsp3) is 0.800. The van der Waals surface area contributed by atoms with Crippen LogP contribution in [0.3, 0.4) is 0 Å². The minimum atomic E-state index is -0.570. The SMILES string of the molecule is CCC(C)n1ccc(CC2(O)CCCN(C)CC2)n1. The summed E-state index contributed by atoms with van der Waals surface area (Å²) in [4.78, 5) is 2.30. The molecule has 108 valence electrons. The lowest BCUT2D eigenvalue weighted by Gasteiger charge is -2.25. The number of aromatic nitrogens is 2. The van der Waals surface area contributed by atoms with E-state index in [-0.39, 0.29) is 0 Å². The minimum Gasteiger partial charge on any atom is -0.389 e. The third-order valence-corrected chi connectivity index (χ3v) is 4.36. The van der Waals surface area contributed by atoms with Gasteiger partial charge in [-0.25, -0.2) is 0 Å². The lowest BCUT2D eigenvalue weighted by molar-refractivity contribution is 0.0252. The zero-order chi connectivity index (χ0) is 13.9. The molecule has 1 aliphatic rings. The zero-order valence-corrected chi connectivity index (χ0v) is 12.5. The Morgan fingerprint density at radius 2 is 2.21 bits per heavy atom. The summed E-state index contributed by atoms with van der Waals surface area (Å²) in [5, 5.41) is 15.4. The molecule has 4 heteroatoms. The van der Waals surface area contributed by atoms with E-state index < -0.39 is 5.60 Å². The molecule has 1 saturated heterocycles. The van der Waals surface area contributed by atoms with Crippen LogP contribution in [0.4, 0.5) is 0 Å². The summed E-state index contributed by atoms with van der Waals surface area (Å²) in [5.74, 6) is 0. The largest absolute Gasteiger partial charge is 0.389 e. The molecule has 0 radical (unpaired) electrons. The molecule has 1 fully saturated rings. The van der Waals surface area contributed by atoms with Crippen molar-refractivity contribution in [1.82, 2.24) is 14.7 Å². The second kappa shape index (κ2) is 6.06. The molecule has 1 aromatic heterocycles. The summed E-state index contributed by atoms with van der Waals surface area (Å²) >= 11 is 0. The van der Waals surface area contributed by atoms with Crippen LogP contribution in [-0.4, -0.2) is 45.5 Å². The molecule has 1 N–H and O–H groups in total. The van der Waals surface area contributed by atoms with Gasteiger partial charge in [-0.3, -0.25) is 4.68 Å². The second-order valence-corrected chi connectivity index (χ2v) is 6.10. The number of likely N-dealkylation sites (tertiary alicyclic amines) is 1. The van der Waals surface area contributed by atoms with E-state index in [1.165, 1.54) is 0 Å². The quantitative estimate of drug-likeness (QED) is 0.908. The maximum atomic E-state index is 10.8. The molecule has 2 atom stereocenters. The van der Waals surface area contributed by atoms with Crippen LogP contribution in [-0.2, 0) is 6.42 Å². The molecule has 1 aromatic rings. The Morgan fingerprint density at radius 3 is 2.95 bits per heavy atom. The predicted octanol–water partition coefficient (Wildman–Crippen LogP) is 2.24. The average molecular weight is 265 g/mol. The van der Waals surface area contributed by atoms with E-state index in [0.717, 1.165) is 44.5 Å². The van der Waals surface area contributed by atoms with Crippen molar-refractivity contribution in [1.29, 1.82) is 0 Å². The van der Waals surface area contributed by atoms with Crippen LogP contribution in [0, 0.1) is 0 Å². The predicted molar refractivity (Wildman–Crippen MR) is 77.2 cm³/mol. The minimum absolute atomic E-state index is 0.434. The van der Waals surface area contributed by atoms with Crippen LogP contribution in [0.2, 0.25) is 0 Å². The smallest absolute Gasteiger partial charge is 0.0716 e. The van der Waals surface area contributed by atoms with Crippen LogP contribution in [0.25, 0.3) is 0 Å². The Morgan fingerprint density at radius 1 is 1.42 bits per heavy atom. The van der Waals surface area contributed by atoms with Crippen LogP contribution >= 0.6 is 0 Å². The van der Waals surface area contributed by atoms with Crippen molar-refractivity contribution >= 4 is 0 Å². The molecule has 0 spiro atoms. The van der Waals surface area contributed by atoms with Gasteiger partial charge in [-0.15, -0.1) is 0 Å². The maximum Gasteiger partial charge on any atom is 0.0716 e. The summed E-state index contributed by atoms with van der Waals surface area (Å²) in [6, 6.07) is 2.49. The monoisotopic (exact) mass is 265 g/mol. The van der Waals surface area contributed by atoms with Gasteiger partial charge in [0.25, 0.3) is 0 Å². The highest BCUT2D eigenvalue weighted by atomic mass is 16.3. The third-order valence-electron chi connectivity index (χ3n) is 4.36. The average Bonchev–Trinajstić information content (AvgIpc) is 2.77. The number of hydrogen-bond donors (Lipinski definition) is 1. The Labute approximate surface area is 116 Å². The van der Waals surface area contributed by atoms with Crippen molar-refractivity contribution in [2.45, 2.75) is 57.6 Å². The summed E-state index contributed by atoms with van der Waals surface area (Å²) in [6.45, 7) is 6.40. The van der Waals surface area contributed by atoms with Crippen molar-refractivity contribution in [2.24, 2.45) is 0 Å². The van der Waals surface area contributed by atoms with Crippen LogP contribution in [0.5, 0.6) is 0 Å². The van der Waals surface area contributed by atoms with E-state index in [1.807, 2.05) is 10.9 Å². The van der Waals surface area contributed by atoms with E-state index in [0.29, 0.717) is 12.5 Å². The molecule has 0 aromatic carbocycles. The van der Waals surface area contributed by atoms with Crippen LogP contribution in [0.1, 0.15) is 51.3 Å². The van der Waals surface area contributed by atoms with E-state index in [4.69, 9.17) is 0 Å². The van der Waals surface area contributed by atoms with E-state index in [1.54, 1.807) is 0 Å². The molecule has 1 aliphatic heterocycles. The first-order valence-corrected chi connectivity index (χ1v) is 7.47. The van der Waals surface area contributed by atoms with Crippen molar-refractivity contribution < 1.29 is 5.11 Å². The highest BCUT2D eigenvalue weighted by Gasteiger charge is 2.30. The van der Waals surface area contributed by atoms with E-state index in [9.17, 15) is 5.11 Å². The van der Waals surface area contributed by atoms with E-state index >= 15 is 0 Å². The van der Waals surface area contributed by atoms with Crippen molar-refractivity contribution in [2.75, 3.05) is 20.1 Å². The van der Waals surface area contributed by atoms with Gasteiger partial charge in [0, 0.05) is 25.2 Å². The van der Waals surface area contributed by atoms with Crippen LogP contribution < -0.4 is 0 Å². The lowest BCUT2D eigenvalue weighted by Crippen LogP contribution is -2.33. The fourth-order valence-corrected chi connectivity index (χ4v) is 2.73. The van der Waals surface area contributed by atoms with Gasteiger partial charge in [-0.1, -0.05) is 6.92 Å². The molecule has 0 saturated carbocycles. The highest BCUT2D eigenvalue weighted by molar-refractivity contribution is 5.05. The molecule has 0 bridgehead atoms. The van der Waals surface area contributed by atoms with Crippen molar-refractivity contribution in [3.8, 4) is 0 Å². The highest BCUT2D eigenvalue weighted by Crippen LogP contribution is 2.25. The van der Waals surface area contributed by atoms with Gasteiger partial charge in [0.2, 0.25) is 0 Å². The van der Waals surface area contributed by atoms with Crippen LogP contribution in [0.15, 0.2) is 12.3 Å². The van der Waals surface area contributed by atoms with Gasteiger partial charge in [-0.05, 0) is 52.3 Å². The van der Waals surface area contributed by atoms with Gasteiger partial charge in [-0.2, -0.15) is 5.10 Å². The van der Waals surface area contributed by atoms with Crippen molar-refractivity contribution in [3.05, 3.63) is 18.0 Å². The van der Waals surface area contributed by atoms with Gasteiger partial charge in [0.05, 0.1) is 11.3 Å². The molecule has 2 heterocycles. The lowest BCUT2D eigenvalue weighted by atomic mass is 9.90. The molecule has 0 amide bonds. The fourth-order valence-electron chi connectivity index (χ4n) is 2.73. The molecule has 2 rings (SSSR count). The molecule has 2 unspecified atom stereocenters. The number of rotatable bonds is 4. The van der Waals surface area contributed by atoms with Gasteiger partial charge in [0.15, 0.2) is 0 Å². The normalized spacial score (nSPS) is 27.2. The summed E-state index contributed by atoms with van der Waals surface area (Å²) in [5.41, 5.74) is 0.451. The van der Waals surface area contributed by atoms with Gasteiger partial charge in [0.1, 0.15) is 0 Å². The number of aliphatic hydroxyl groups is 1. The molecule has 0 aliphatic carbocycles. The molecular formula is C15H27N3O. The Balaban J connectivity index is 2.01.